The number of carbonyl (C=O) groups is 1. The molecular formula is C17H22N4O2. The minimum atomic E-state index is 0.122. The van der Waals surface area contributed by atoms with E-state index in [1.54, 1.807) is 0 Å². The van der Waals surface area contributed by atoms with Gasteiger partial charge in [0.25, 0.3) is 0 Å². The molecule has 2 aliphatic rings. The first kappa shape index (κ1) is 14.6. The molecule has 23 heavy (non-hydrogen) atoms. The van der Waals surface area contributed by atoms with Crippen LogP contribution in [0.3, 0.4) is 0 Å². The van der Waals surface area contributed by atoms with E-state index in [1.807, 2.05) is 33.7 Å². The average molecular weight is 314 g/mol. The Kier molecular flexibility index (Phi) is 3.99. The minimum Gasteiger partial charge on any atom is -0.378 e. The fourth-order valence-corrected chi connectivity index (χ4v) is 3.68. The van der Waals surface area contributed by atoms with Crippen molar-refractivity contribution in [3.63, 3.8) is 0 Å². The lowest BCUT2D eigenvalue weighted by atomic mass is 9.96. The third kappa shape index (κ3) is 2.95. The van der Waals surface area contributed by atoms with E-state index in [-0.39, 0.29) is 17.9 Å². The van der Waals surface area contributed by atoms with Gasteiger partial charge in [0.2, 0.25) is 5.91 Å². The van der Waals surface area contributed by atoms with Crippen LogP contribution >= 0.6 is 0 Å². The van der Waals surface area contributed by atoms with Crippen molar-refractivity contribution in [1.29, 1.82) is 0 Å². The summed E-state index contributed by atoms with van der Waals surface area (Å²) in [7, 11) is 0. The van der Waals surface area contributed by atoms with Crippen LogP contribution in [0.25, 0.3) is 5.65 Å². The molecule has 0 bridgehead atoms. The van der Waals surface area contributed by atoms with E-state index in [2.05, 4.69) is 10.2 Å². The monoisotopic (exact) mass is 314 g/mol. The summed E-state index contributed by atoms with van der Waals surface area (Å²) in [4.78, 5) is 14.5. The predicted octanol–water partition coefficient (Wildman–Crippen LogP) is 2.00. The Morgan fingerprint density at radius 3 is 3.09 bits per heavy atom. The molecule has 2 fully saturated rings. The standard InChI is InChI=1S/C17H22N4O2/c22-16(11-14-6-4-10-23-14)20-8-3-5-13(12-20)17-19-18-15-7-1-2-9-21(15)17/h1-2,7,9,13-14H,3-6,8,10-12H2. The summed E-state index contributed by atoms with van der Waals surface area (Å²) in [5.74, 6) is 1.44. The molecule has 0 aliphatic carbocycles. The molecule has 122 valence electrons. The van der Waals surface area contributed by atoms with Crippen LogP contribution < -0.4 is 0 Å². The zero-order valence-electron chi connectivity index (χ0n) is 13.2. The number of aromatic nitrogens is 3. The number of piperidine rings is 1. The van der Waals surface area contributed by atoms with Gasteiger partial charge < -0.3 is 9.64 Å². The maximum absolute atomic E-state index is 12.5. The number of fused-ring (bicyclic) bond motifs is 1. The number of rotatable bonds is 3. The average Bonchev–Trinajstić information content (AvgIpc) is 3.24. The van der Waals surface area contributed by atoms with Gasteiger partial charge in [-0.25, -0.2) is 0 Å². The second kappa shape index (κ2) is 6.28. The molecule has 2 aromatic rings. The lowest BCUT2D eigenvalue weighted by molar-refractivity contribution is -0.134. The van der Waals surface area contributed by atoms with Crippen molar-refractivity contribution >= 4 is 11.6 Å². The Hall–Kier alpha value is -1.95. The van der Waals surface area contributed by atoms with E-state index >= 15 is 0 Å². The summed E-state index contributed by atoms with van der Waals surface area (Å²) in [5.41, 5.74) is 0.866. The van der Waals surface area contributed by atoms with Crippen LogP contribution in [0.5, 0.6) is 0 Å². The topological polar surface area (TPSA) is 59.7 Å². The molecule has 2 unspecified atom stereocenters. The number of ether oxygens (including phenoxy) is 1. The van der Waals surface area contributed by atoms with Gasteiger partial charge in [-0.15, -0.1) is 10.2 Å². The molecule has 4 rings (SSSR count). The Morgan fingerprint density at radius 1 is 1.26 bits per heavy atom. The van der Waals surface area contributed by atoms with Crippen LogP contribution in [0, 0.1) is 0 Å². The molecule has 2 aromatic heterocycles. The summed E-state index contributed by atoms with van der Waals surface area (Å²) >= 11 is 0. The fourth-order valence-electron chi connectivity index (χ4n) is 3.68. The number of amides is 1. The first-order valence-electron chi connectivity index (χ1n) is 8.50. The van der Waals surface area contributed by atoms with Gasteiger partial charge in [-0.3, -0.25) is 9.20 Å². The van der Waals surface area contributed by atoms with E-state index in [9.17, 15) is 4.79 Å². The molecule has 4 heterocycles. The molecule has 0 radical (unpaired) electrons. The normalized spacial score (nSPS) is 25.1. The number of likely N-dealkylation sites (tertiary alicyclic amines) is 1. The maximum Gasteiger partial charge on any atom is 0.225 e. The number of carbonyl (C=O) groups excluding carboxylic acids is 1. The molecule has 0 spiro atoms. The molecule has 0 N–H and O–H groups in total. The molecule has 6 heteroatoms. The lowest BCUT2D eigenvalue weighted by Crippen LogP contribution is -2.40. The quantitative estimate of drug-likeness (QED) is 0.869. The van der Waals surface area contributed by atoms with Crippen molar-refractivity contribution in [2.24, 2.45) is 0 Å². The lowest BCUT2D eigenvalue weighted by Gasteiger charge is -2.32. The van der Waals surface area contributed by atoms with E-state index in [4.69, 9.17) is 4.74 Å². The van der Waals surface area contributed by atoms with Crippen molar-refractivity contribution in [3.05, 3.63) is 30.2 Å². The van der Waals surface area contributed by atoms with Crippen molar-refractivity contribution in [1.82, 2.24) is 19.5 Å². The van der Waals surface area contributed by atoms with Gasteiger partial charge in [-0.2, -0.15) is 0 Å². The summed E-state index contributed by atoms with van der Waals surface area (Å²) in [5, 5.41) is 8.60. The van der Waals surface area contributed by atoms with Crippen LogP contribution in [0.15, 0.2) is 24.4 Å². The minimum absolute atomic E-state index is 0.122. The number of hydrogen-bond acceptors (Lipinski definition) is 4. The maximum atomic E-state index is 12.5. The highest BCUT2D eigenvalue weighted by atomic mass is 16.5. The third-order valence-electron chi connectivity index (χ3n) is 4.91. The Labute approximate surface area is 135 Å². The van der Waals surface area contributed by atoms with Crippen LogP contribution in [0.4, 0.5) is 0 Å². The van der Waals surface area contributed by atoms with E-state index in [1.165, 1.54) is 0 Å². The van der Waals surface area contributed by atoms with Gasteiger partial charge in [-0.1, -0.05) is 6.07 Å². The van der Waals surface area contributed by atoms with Crippen LogP contribution in [0.2, 0.25) is 0 Å². The van der Waals surface area contributed by atoms with Crippen molar-refractivity contribution in [2.45, 2.75) is 44.1 Å². The van der Waals surface area contributed by atoms with Gasteiger partial charge in [0.1, 0.15) is 5.82 Å². The number of hydrogen-bond donors (Lipinski definition) is 0. The zero-order chi connectivity index (χ0) is 15.6. The van der Waals surface area contributed by atoms with Gasteiger partial charge in [0, 0.05) is 31.8 Å². The molecule has 0 saturated carbocycles. The SMILES string of the molecule is O=C(CC1CCCO1)N1CCCC(c2nnc3ccccn23)C1. The molecule has 1 amide bonds. The first-order valence-corrected chi connectivity index (χ1v) is 8.50. The largest absolute Gasteiger partial charge is 0.378 e. The summed E-state index contributed by atoms with van der Waals surface area (Å²) in [6.45, 7) is 2.38. The smallest absolute Gasteiger partial charge is 0.225 e. The van der Waals surface area contributed by atoms with Gasteiger partial charge in [-0.05, 0) is 37.8 Å². The second-order valence-electron chi connectivity index (χ2n) is 6.51. The summed E-state index contributed by atoms with van der Waals surface area (Å²) in [6, 6.07) is 5.91. The molecule has 6 nitrogen and oxygen atoms in total. The van der Waals surface area contributed by atoms with Gasteiger partial charge in [0.15, 0.2) is 5.65 Å². The summed E-state index contributed by atoms with van der Waals surface area (Å²) < 4.78 is 7.64. The second-order valence-corrected chi connectivity index (χ2v) is 6.51. The fraction of sp³-hybridized carbons (Fsp3) is 0.588. The molecule has 0 aromatic carbocycles. The van der Waals surface area contributed by atoms with E-state index < -0.39 is 0 Å². The van der Waals surface area contributed by atoms with Gasteiger partial charge in [0.05, 0.1) is 12.5 Å². The Balaban J connectivity index is 1.47. The van der Waals surface area contributed by atoms with E-state index in [0.29, 0.717) is 6.42 Å². The van der Waals surface area contributed by atoms with Crippen LogP contribution in [0.1, 0.15) is 43.8 Å². The molecular weight excluding hydrogens is 292 g/mol. The predicted molar refractivity (Wildman–Crippen MR) is 85.1 cm³/mol. The Morgan fingerprint density at radius 2 is 2.22 bits per heavy atom. The van der Waals surface area contributed by atoms with Crippen LogP contribution in [-0.4, -0.2) is 51.2 Å². The highest BCUT2D eigenvalue weighted by Crippen LogP contribution is 2.27. The van der Waals surface area contributed by atoms with Crippen molar-refractivity contribution in [2.75, 3.05) is 19.7 Å². The third-order valence-corrected chi connectivity index (χ3v) is 4.91. The van der Waals surface area contributed by atoms with Crippen molar-refractivity contribution < 1.29 is 9.53 Å². The molecule has 2 saturated heterocycles. The number of nitrogens with zero attached hydrogens (tertiary/aromatic N) is 4. The van der Waals surface area contributed by atoms with E-state index in [0.717, 1.165) is 56.9 Å². The van der Waals surface area contributed by atoms with Gasteiger partial charge >= 0.3 is 0 Å². The van der Waals surface area contributed by atoms with Crippen molar-refractivity contribution in [3.8, 4) is 0 Å². The molecule has 2 atom stereocenters. The van der Waals surface area contributed by atoms with Crippen LogP contribution in [-0.2, 0) is 9.53 Å². The molecule has 2 aliphatic heterocycles. The zero-order valence-corrected chi connectivity index (χ0v) is 13.2. The summed E-state index contributed by atoms with van der Waals surface area (Å²) in [6.07, 6.45) is 6.80. The first-order chi connectivity index (χ1) is 11.3. The highest BCUT2D eigenvalue weighted by Gasteiger charge is 2.29. The highest BCUT2D eigenvalue weighted by molar-refractivity contribution is 5.77. The Bertz CT molecular complexity index is 693. The number of pyridine rings is 1.